The fraction of sp³-hybridized carbons (Fsp3) is 0.200. The minimum Gasteiger partial charge on any atom is -0.496 e. The molecule has 0 atom stereocenters. The fourth-order valence-electron chi connectivity index (χ4n) is 2.10. The molecule has 0 saturated carbocycles. The summed E-state index contributed by atoms with van der Waals surface area (Å²) in [5.41, 5.74) is 2.49. The Labute approximate surface area is 124 Å². The first kappa shape index (κ1) is 13.1. The van der Waals surface area contributed by atoms with Gasteiger partial charge < -0.3 is 9.15 Å². The van der Waals surface area contributed by atoms with Crippen LogP contribution in [-0.2, 0) is 12.8 Å². The molecule has 20 heavy (non-hydrogen) atoms. The average molecular weight is 333 g/mol. The molecule has 0 unspecified atom stereocenters. The Morgan fingerprint density at radius 3 is 2.95 bits per heavy atom. The molecule has 0 amide bonds. The van der Waals surface area contributed by atoms with E-state index in [0.29, 0.717) is 23.5 Å². The molecule has 2 aromatic heterocycles. The number of nitrogens with zero attached hydrogens (tertiary/aromatic N) is 2. The molecular weight excluding hydrogens is 320 g/mol. The Hall–Kier alpha value is -1.88. The second-order valence-electron chi connectivity index (χ2n) is 4.39. The zero-order chi connectivity index (χ0) is 13.9. The van der Waals surface area contributed by atoms with Crippen molar-refractivity contribution >= 4 is 27.2 Å². The van der Waals surface area contributed by atoms with Gasteiger partial charge in [0, 0.05) is 23.2 Å². The van der Waals surface area contributed by atoms with Crippen LogP contribution in [-0.4, -0.2) is 17.1 Å². The van der Waals surface area contributed by atoms with Crippen LogP contribution in [0.4, 0.5) is 0 Å². The highest BCUT2D eigenvalue weighted by Crippen LogP contribution is 2.22. The third-order valence-corrected chi connectivity index (χ3v) is 3.49. The summed E-state index contributed by atoms with van der Waals surface area (Å²) in [6, 6.07) is 9.85. The molecule has 102 valence electrons. The van der Waals surface area contributed by atoms with E-state index in [2.05, 4.69) is 32.0 Å². The minimum atomic E-state index is 0.642. The Kier molecular flexibility index (Phi) is 3.69. The highest BCUT2D eigenvalue weighted by molar-refractivity contribution is 9.10. The van der Waals surface area contributed by atoms with Gasteiger partial charge in [-0.1, -0.05) is 18.2 Å². The minimum absolute atomic E-state index is 0.642. The summed E-state index contributed by atoms with van der Waals surface area (Å²) in [5.74, 6) is 1.58. The molecule has 0 aliphatic heterocycles. The number of rotatable bonds is 4. The van der Waals surface area contributed by atoms with Crippen LogP contribution < -0.4 is 4.74 Å². The van der Waals surface area contributed by atoms with Crippen LogP contribution in [0.25, 0.3) is 11.2 Å². The van der Waals surface area contributed by atoms with Crippen molar-refractivity contribution in [2.24, 2.45) is 0 Å². The number of halogens is 1. The summed E-state index contributed by atoms with van der Waals surface area (Å²) in [6.45, 7) is 0. The normalized spacial score (nSPS) is 10.9. The van der Waals surface area contributed by atoms with Gasteiger partial charge in [0.2, 0.25) is 0 Å². The van der Waals surface area contributed by atoms with Crippen LogP contribution in [0.15, 0.2) is 45.4 Å². The predicted molar refractivity (Wildman–Crippen MR) is 79.9 cm³/mol. The number of para-hydroxylation sites is 1. The molecule has 0 spiro atoms. The fourth-order valence-corrected chi connectivity index (χ4v) is 2.41. The van der Waals surface area contributed by atoms with Gasteiger partial charge in [0.25, 0.3) is 0 Å². The van der Waals surface area contributed by atoms with Crippen LogP contribution in [0.3, 0.4) is 0 Å². The maximum atomic E-state index is 5.70. The number of hydrogen-bond donors (Lipinski definition) is 0. The Balaban J connectivity index is 1.79. The summed E-state index contributed by atoms with van der Waals surface area (Å²) in [5, 5.41) is 0. The lowest BCUT2D eigenvalue weighted by atomic mass is 10.1. The molecule has 0 radical (unpaired) electrons. The second-order valence-corrected chi connectivity index (χ2v) is 5.31. The molecule has 5 heteroatoms. The first-order chi connectivity index (χ1) is 9.76. The first-order valence-corrected chi connectivity index (χ1v) is 7.08. The molecule has 0 aliphatic rings. The summed E-state index contributed by atoms with van der Waals surface area (Å²) in [6.07, 6.45) is 3.25. The van der Waals surface area contributed by atoms with E-state index in [1.165, 1.54) is 0 Å². The van der Waals surface area contributed by atoms with Crippen molar-refractivity contribution in [2.75, 3.05) is 7.11 Å². The zero-order valence-corrected chi connectivity index (χ0v) is 12.6. The average Bonchev–Trinajstić information content (AvgIpc) is 2.87. The van der Waals surface area contributed by atoms with E-state index in [-0.39, 0.29) is 0 Å². The van der Waals surface area contributed by atoms with Gasteiger partial charge in [0.05, 0.1) is 7.11 Å². The topological polar surface area (TPSA) is 48.2 Å². The quantitative estimate of drug-likeness (QED) is 0.729. The summed E-state index contributed by atoms with van der Waals surface area (Å²) < 4.78 is 11.9. The van der Waals surface area contributed by atoms with Gasteiger partial charge in [-0.15, -0.1) is 0 Å². The monoisotopic (exact) mass is 332 g/mol. The van der Waals surface area contributed by atoms with E-state index in [9.17, 15) is 0 Å². The lowest BCUT2D eigenvalue weighted by Crippen LogP contribution is -1.95. The largest absolute Gasteiger partial charge is 0.496 e. The molecule has 4 nitrogen and oxygen atoms in total. The third kappa shape index (κ3) is 2.67. The predicted octanol–water partition coefficient (Wildman–Crippen LogP) is 3.78. The van der Waals surface area contributed by atoms with Crippen LogP contribution in [0.1, 0.15) is 11.5 Å². The highest BCUT2D eigenvalue weighted by Gasteiger charge is 2.09. The van der Waals surface area contributed by atoms with Crippen LogP contribution in [0.5, 0.6) is 5.75 Å². The first-order valence-electron chi connectivity index (χ1n) is 6.29. The van der Waals surface area contributed by atoms with Crippen molar-refractivity contribution < 1.29 is 9.15 Å². The molecule has 0 saturated heterocycles. The van der Waals surface area contributed by atoms with E-state index in [0.717, 1.165) is 22.2 Å². The van der Waals surface area contributed by atoms with Gasteiger partial charge in [-0.2, -0.15) is 4.98 Å². The van der Waals surface area contributed by atoms with E-state index in [4.69, 9.17) is 9.15 Å². The molecule has 2 heterocycles. The molecule has 1 aromatic carbocycles. The number of aryl methyl sites for hydroxylation is 2. The van der Waals surface area contributed by atoms with E-state index >= 15 is 0 Å². The molecular formula is C15H13BrN2O2. The van der Waals surface area contributed by atoms with Crippen molar-refractivity contribution in [3.63, 3.8) is 0 Å². The number of ether oxygens (including phenoxy) is 1. The van der Waals surface area contributed by atoms with Gasteiger partial charge in [-0.05, 0) is 34.0 Å². The van der Waals surface area contributed by atoms with Crippen LogP contribution in [0.2, 0.25) is 0 Å². The van der Waals surface area contributed by atoms with Gasteiger partial charge >= 0.3 is 0 Å². The molecule has 0 bridgehead atoms. The van der Waals surface area contributed by atoms with Crippen molar-refractivity contribution in [3.8, 4) is 5.75 Å². The van der Waals surface area contributed by atoms with Crippen molar-refractivity contribution in [1.29, 1.82) is 0 Å². The van der Waals surface area contributed by atoms with Gasteiger partial charge in [0.15, 0.2) is 17.1 Å². The number of hydrogen-bond acceptors (Lipinski definition) is 4. The number of pyridine rings is 1. The third-order valence-electron chi connectivity index (χ3n) is 3.06. The number of oxazole rings is 1. The van der Waals surface area contributed by atoms with Crippen molar-refractivity contribution in [2.45, 2.75) is 12.8 Å². The Morgan fingerprint density at radius 1 is 1.25 bits per heavy atom. The molecule has 3 aromatic rings. The SMILES string of the molecule is COc1ccccc1CCc1nc2ncc(Br)cc2o1. The standard InChI is InChI=1S/C15H13BrN2O2/c1-19-12-5-3-2-4-10(12)6-7-14-18-15-13(20-14)8-11(16)9-17-15/h2-5,8-9H,6-7H2,1H3. The smallest absolute Gasteiger partial charge is 0.198 e. The number of fused-ring (bicyclic) bond motifs is 1. The molecule has 0 aliphatic carbocycles. The number of benzene rings is 1. The highest BCUT2D eigenvalue weighted by atomic mass is 79.9. The maximum Gasteiger partial charge on any atom is 0.198 e. The lowest BCUT2D eigenvalue weighted by Gasteiger charge is -2.06. The van der Waals surface area contributed by atoms with Gasteiger partial charge in [-0.25, -0.2) is 4.98 Å². The van der Waals surface area contributed by atoms with Gasteiger partial charge in [0.1, 0.15) is 5.75 Å². The summed E-state index contributed by atoms with van der Waals surface area (Å²) in [4.78, 5) is 8.60. The Bertz CT molecular complexity index is 740. The van der Waals surface area contributed by atoms with Crippen molar-refractivity contribution in [1.82, 2.24) is 9.97 Å². The van der Waals surface area contributed by atoms with E-state index in [1.54, 1.807) is 13.3 Å². The maximum absolute atomic E-state index is 5.70. The second kappa shape index (κ2) is 5.63. The zero-order valence-electron chi connectivity index (χ0n) is 11.0. The van der Waals surface area contributed by atoms with Crippen LogP contribution in [0, 0.1) is 0 Å². The summed E-state index contributed by atoms with van der Waals surface area (Å²) in [7, 11) is 1.68. The molecule has 0 N–H and O–H groups in total. The lowest BCUT2D eigenvalue weighted by molar-refractivity contribution is 0.408. The summed E-state index contributed by atoms with van der Waals surface area (Å²) >= 11 is 3.37. The van der Waals surface area contributed by atoms with Gasteiger partial charge in [-0.3, -0.25) is 0 Å². The molecule has 0 fully saturated rings. The Morgan fingerprint density at radius 2 is 2.10 bits per heavy atom. The molecule has 3 rings (SSSR count). The number of methoxy groups -OCH3 is 1. The van der Waals surface area contributed by atoms with E-state index < -0.39 is 0 Å². The number of aromatic nitrogens is 2. The van der Waals surface area contributed by atoms with Crippen LogP contribution >= 0.6 is 15.9 Å². The van der Waals surface area contributed by atoms with Crippen molar-refractivity contribution in [3.05, 3.63) is 52.5 Å². The van der Waals surface area contributed by atoms with E-state index in [1.807, 2.05) is 24.3 Å².